The lowest BCUT2D eigenvalue weighted by Gasteiger charge is -2.12. The summed E-state index contributed by atoms with van der Waals surface area (Å²) >= 11 is 3.53. The van der Waals surface area contributed by atoms with Gasteiger partial charge in [0.2, 0.25) is 0 Å². The maximum absolute atomic E-state index is 3.55. The van der Waals surface area contributed by atoms with Gasteiger partial charge in [0.05, 0.1) is 0 Å². The first-order chi connectivity index (χ1) is 10.3. The number of aryl methyl sites for hydroxylation is 1. The van der Waals surface area contributed by atoms with Crippen LogP contribution >= 0.6 is 15.9 Å². The molecule has 0 saturated heterocycles. The molecule has 0 radical (unpaired) electrons. The second kappa shape index (κ2) is 6.31. The normalized spacial score (nSPS) is 10.8. The highest BCUT2D eigenvalue weighted by Crippen LogP contribution is 2.23. The van der Waals surface area contributed by atoms with E-state index in [1.54, 1.807) is 0 Å². The quantitative estimate of drug-likeness (QED) is 0.635. The number of benzene rings is 3. The van der Waals surface area contributed by atoms with Crippen LogP contribution in [0.1, 0.15) is 18.1 Å². The molecule has 3 rings (SSSR count). The molecule has 0 unspecified atom stereocenters. The van der Waals surface area contributed by atoms with Gasteiger partial charge in [0.15, 0.2) is 0 Å². The van der Waals surface area contributed by atoms with Gasteiger partial charge in [-0.15, -0.1) is 0 Å². The maximum atomic E-state index is 3.55. The number of halogens is 1. The van der Waals surface area contributed by atoms with E-state index >= 15 is 0 Å². The Bertz CT molecular complexity index is 764. The Morgan fingerprint density at radius 1 is 0.905 bits per heavy atom. The first-order valence-corrected chi connectivity index (χ1v) is 8.05. The summed E-state index contributed by atoms with van der Waals surface area (Å²) in [5, 5.41) is 6.14. The van der Waals surface area contributed by atoms with Gasteiger partial charge in [0.25, 0.3) is 0 Å². The highest BCUT2D eigenvalue weighted by atomic mass is 79.9. The molecular weight excluding hydrogens is 322 g/mol. The second-order valence-corrected chi connectivity index (χ2v) is 6.11. The fraction of sp³-hybridized carbons (Fsp3) is 0.158. The standard InChI is InChI=1S/C19H18BrN/c1-2-15-12-18(20)9-10-19(15)21-13-14-7-8-16-5-3-4-6-17(16)11-14/h3-12,21H,2,13H2,1H3. The molecule has 1 N–H and O–H groups in total. The maximum Gasteiger partial charge on any atom is 0.0401 e. The Balaban J connectivity index is 1.80. The van der Waals surface area contributed by atoms with Crippen molar-refractivity contribution in [2.24, 2.45) is 0 Å². The van der Waals surface area contributed by atoms with Crippen LogP contribution in [0.5, 0.6) is 0 Å². The monoisotopic (exact) mass is 339 g/mol. The number of nitrogens with one attached hydrogen (secondary N) is 1. The van der Waals surface area contributed by atoms with E-state index in [1.165, 1.54) is 27.6 Å². The largest absolute Gasteiger partial charge is 0.381 e. The van der Waals surface area contributed by atoms with Crippen LogP contribution in [0.15, 0.2) is 65.1 Å². The molecule has 106 valence electrons. The third-order valence-electron chi connectivity index (χ3n) is 3.75. The predicted molar refractivity (Wildman–Crippen MR) is 94.8 cm³/mol. The summed E-state index contributed by atoms with van der Waals surface area (Å²) in [7, 11) is 0. The van der Waals surface area contributed by atoms with E-state index in [0.29, 0.717) is 0 Å². The highest BCUT2D eigenvalue weighted by Gasteiger charge is 2.02. The Kier molecular flexibility index (Phi) is 4.26. The molecule has 3 aromatic carbocycles. The number of rotatable bonds is 4. The van der Waals surface area contributed by atoms with E-state index in [1.807, 2.05) is 0 Å². The molecule has 2 heteroatoms. The molecule has 0 aromatic heterocycles. The van der Waals surface area contributed by atoms with Gasteiger partial charge in [-0.2, -0.15) is 0 Å². The van der Waals surface area contributed by atoms with E-state index in [9.17, 15) is 0 Å². The van der Waals surface area contributed by atoms with E-state index in [-0.39, 0.29) is 0 Å². The van der Waals surface area contributed by atoms with Crippen LogP contribution in [0.2, 0.25) is 0 Å². The molecule has 1 nitrogen and oxygen atoms in total. The Labute approximate surface area is 134 Å². The number of hydrogen-bond donors (Lipinski definition) is 1. The topological polar surface area (TPSA) is 12.0 Å². The zero-order valence-corrected chi connectivity index (χ0v) is 13.7. The van der Waals surface area contributed by atoms with E-state index in [2.05, 4.69) is 88.8 Å². The lowest BCUT2D eigenvalue weighted by Crippen LogP contribution is -2.02. The van der Waals surface area contributed by atoms with Crippen molar-refractivity contribution >= 4 is 32.4 Å². The van der Waals surface area contributed by atoms with Crippen molar-refractivity contribution in [2.45, 2.75) is 19.9 Å². The van der Waals surface area contributed by atoms with E-state index in [4.69, 9.17) is 0 Å². The number of fused-ring (bicyclic) bond motifs is 1. The van der Waals surface area contributed by atoms with Crippen molar-refractivity contribution in [3.05, 3.63) is 76.3 Å². The molecule has 0 aliphatic carbocycles. The van der Waals surface area contributed by atoms with Crippen molar-refractivity contribution in [2.75, 3.05) is 5.32 Å². The van der Waals surface area contributed by atoms with Crippen LogP contribution in [0, 0.1) is 0 Å². The molecule has 0 saturated carbocycles. The van der Waals surface area contributed by atoms with Crippen molar-refractivity contribution in [1.82, 2.24) is 0 Å². The predicted octanol–water partition coefficient (Wildman–Crippen LogP) is 5.78. The molecule has 0 spiro atoms. The van der Waals surface area contributed by atoms with Crippen LogP contribution in [-0.4, -0.2) is 0 Å². The smallest absolute Gasteiger partial charge is 0.0401 e. The molecule has 0 atom stereocenters. The zero-order valence-electron chi connectivity index (χ0n) is 12.1. The lowest BCUT2D eigenvalue weighted by molar-refractivity contribution is 1.09. The summed E-state index contributed by atoms with van der Waals surface area (Å²) in [4.78, 5) is 0. The van der Waals surface area contributed by atoms with Gasteiger partial charge >= 0.3 is 0 Å². The van der Waals surface area contributed by atoms with Crippen molar-refractivity contribution in [1.29, 1.82) is 0 Å². The first-order valence-electron chi connectivity index (χ1n) is 7.26. The zero-order chi connectivity index (χ0) is 14.7. The fourth-order valence-electron chi connectivity index (χ4n) is 2.57. The van der Waals surface area contributed by atoms with Gasteiger partial charge in [-0.3, -0.25) is 0 Å². The Morgan fingerprint density at radius 3 is 2.52 bits per heavy atom. The van der Waals surface area contributed by atoms with Gasteiger partial charge in [0, 0.05) is 16.7 Å². The molecule has 0 fully saturated rings. The number of anilines is 1. The Morgan fingerprint density at radius 2 is 1.71 bits per heavy atom. The van der Waals surface area contributed by atoms with Crippen molar-refractivity contribution in [3.63, 3.8) is 0 Å². The molecule has 0 amide bonds. The lowest BCUT2D eigenvalue weighted by atomic mass is 10.1. The molecule has 3 aromatic rings. The van der Waals surface area contributed by atoms with Crippen LogP contribution in [0.4, 0.5) is 5.69 Å². The van der Waals surface area contributed by atoms with Crippen molar-refractivity contribution in [3.8, 4) is 0 Å². The third-order valence-corrected chi connectivity index (χ3v) is 4.24. The number of hydrogen-bond acceptors (Lipinski definition) is 1. The highest BCUT2D eigenvalue weighted by molar-refractivity contribution is 9.10. The molecular formula is C19H18BrN. The summed E-state index contributed by atoms with van der Waals surface area (Å²) in [6.07, 6.45) is 1.03. The van der Waals surface area contributed by atoms with Gasteiger partial charge in [-0.1, -0.05) is 59.3 Å². The Hall–Kier alpha value is -1.80. The second-order valence-electron chi connectivity index (χ2n) is 5.19. The molecule has 0 bridgehead atoms. The van der Waals surface area contributed by atoms with Crippen molar-refractivity contribution < 1.29 is 0 Å². The first kappa shape index (κ1) is 14.2. The third kappa shape index (κ3) is 3.27. The fourth-order valence-corrected chi connectivity index (χ4v) is 2.98. The summed E-state index contributed by atoms with van der Waals surface area (Å²) in [6.45, 7) is 3.03. The minimum Gasteiger partial charge on any atom is -0.381 e. The molecule has 0 aliphatic rings. The van der Waals surface area contributed by atoms with Crippen LogP contribution in [0.25, 0.3) is 10.8 Å². The average molecular weight is 340 g/mol. The summed E-state index contributed by atoms with van der Waals surface area (Å²) < 4.78 is 1.13. The summed E-state index contributed by atoms with van der Waals surface area (Å²) in [5.41, 5.74) is 3.86. The van der Waals surface area contributed by atoms with Gasteiger partial charge < -0.3 is 5.32 Å². The molecule has 0 aliphatic heterocycles. The van der Waals surface area contributed by atoms with Crippen LogP contribution < -0.4 is 5.32 Å². The van der Waals surface area contributed by atoms with Crippen LogP contribution in [0.3, 0.4) is 0 Å². The summed E-state index contributed by atoms with van der Waals surface area (Å²) in [5.74, 6) is 0. The SMILES string of the molecule is CCc1cc(Br)ccc1NCc1ccc2ccccc2c1. The molecule has 21 heavy (non-hydrogen) atoms. The van der Waals surface area contributed by atoms with E-state index in [0.717, 1.165) is 17.4 Å². The van der Waals surface area contributed by atoms with Gasteiger partial charge in [-0.25, -0.2) is 0 Å². The van der Waals surface area contributed by atoms with Crippen LogP contribution in [-0.2, 0) is 13.0 Å². The van der Waals surface area contributed by atoms with Gasteiger partial charge in [-0.05, 0) is 52.6 Å². The minimum atomic E-state index is 0.847. The summed E-state index contributed by atoms with van der Waals surface area (Å²) in [6, 6.07) is 21.5. The van der Waals surface area contributed by atoms with E-state index < -0.39 is 0 Å². The van der Waals surface area contributed by atoms with Gasteiger partial charge in [0.1, 0.15) is 0 Å². The minimum absolute atomic E-state index is 0.847. The average Bonchev–Trinajstić information content (AvgIpc) is 2.53. The molecule has 0 heterocycles.